The molecule has 1 aliphatic rings. The van der Waals surface area contributed by atoms with Crippen LogP contribution in [0.1, 0.15) is 18.1 Å². The van der Waals surface area contributed by atoms with Crippen molar-refractivity contribution in [1.82, 2.24) is 19.5 Å². The quantitative estimate of drug-likeness (QED) is 0.363. The van der Waals surface area contributed by atoms with Crippen molar-refractivity contribution in [2.24, 2.45) is 5.73 Å². The Morgan fingerprint density at radius 3 is 2.57 bits per heavy atom. The van der Waals surface area contributed by atoms with Crippen molar-refractivity contribution in [3.63, 3.8) is 0 Å². The van der Waals surface area contributed by atoms with Crippen LogP contribution < -0.4 is 5.73 Å². The monoisotopic (exact) mass is 392 g/mol. The van der Waals surface area contributed by atoms with Crippen LogP contribution in [0.2, 0.25) is 0 Å². The molecule has 0 bridgehead atoms. The van der Waals surface area contributed by atoms with E-state index in [0.717, 1.165) is 11.0 Å². The van der Waals surface area contributed by atoms with Gasteiger partial charge in [-0.05, 0) is 13.0 Å². The van der Waals surface area contributed by atoms with Gasteiger partial charge in [0.05, 0.1) is 5.52 Å². The number of rotatable bonds is 3. The highest BCUT2D eigenvalue weighted by Crippen LogP contribution is 2.35. The first kappa shape index (κ1) is 18.1. The van der Waals surface area contributed by atoms with Crippen LogP contribution in [0.4, 0.5) is 17.6 Å². The molecule has 6 nitrogen and oxygen atoms in total. The van der Waals surface area contributed by atoms with Gasteiger partial charge >= 0.3 is 6.18 Å². The van der Waals surface area contributed by atoms with Gasteiger partial charge in [0.1, 0.15) is 23.7 Å². The molecule has 0 saturated heterocycles. The fourth-order valence-corrected chi connectivity index (χ4v) is 3.38. The number of aromatic nitrogens is 3. The Balaban J connectivity index is 1.81. The van der Waals surface area contributed by atoms with Crippen LogP contribution >= 0.6 is 0 Å². The number of nitrogens with two attached hydrogens (primary N) is 1. The topological polar surface area (TPSA) is 86.2 Å². The zero-order chi connectivity index (χ0) is 20.3. The second-order valence-electron chi connectivity index (χ2n) is 6.89. The van der Waals surface area contributed by atoms with Gasteiger partial charge in [-0.25, -0.2) is 13.9 Å². The minimum atomic E-state index is -4.31. The number of nitrogens with one attached hydrogen (secondary N) is 2. The average molecular weight is 392 g/mol. The number of benzene rings is 1. The molecule has 0 amide bonds. The lowest BCUT2D eigenvalue weighted by Crippen LogP contribution is -2.30. The molecule has 28 heavy (non-hydrogen) atoms. The molecule has 0 atom stereocenters. The maximum atomic E-state index is 13.9. The number of hydrogen-bond acceptors (Lipinski definition) is 3. The number of fused-ring (bicyclic) bond motifs is 3. The van der Waals surface area contributed by atoms with Crippen LogP contribution in [0.15, 0.2) is 42.9 Å². The van der Waals surface area contributed by atoms with Crippen LogP contribution in [0.3, 0.4) is 0 Å². The predicted molar refractivity (Wildman–Crippen MR) is 96.4 cm³/mol. The van der Waals surface area contributed by atoms with Gasteiger partial charge in [0.25, 0.3) is 0 Å². The summed E-state index contributed by atoms with van der Waals surface area (Å²) in [5.74, 6) is -0.861. The first-order valence-electron chi connectivity index (χ1n) is 8.32. The third kappa shape index (κ3) is 2.90. The molecule has 1 aliphatic heterocycles. The summed E-state index contributed by atoms with van der Waals surface area (Å²) in [5, 5.41) is 10.7. The largest absolute Gasteiger partial charge is 0.406 e. The molecule has 0 unspecified atom stereocenters. The molecule has 10 heteroatoms. The highest BCUT2D eigenvalue weighted by atomic mass is 19.4. The van der Waals surface area contributed by atoms with Crippen molar-refractivity contribution in [3.05, 3.63) is 59.8 Å². The number of imidazole rings is 1. The van der Waals surface area contributed by atoms with Gasteiger partial charge in [0.2, 0.25) is 0 Å². The standard InChI is InChI=1S/C18H16F4N6/c1-17(2-4-27(5-3-17)9-18(20,21)22)12-8-25-28-14-11(15(23)24)6-10(19)7-13(14)26-16(12)28/h2-8,25H,9H2,1H3,(H3,23,24). The maximum Gasteiger partial charge on any atom is 0.406 e. The van der Waals surface area contributed by atoms with Gasteiger partial charge in [-0.2, -0.15) is 13.2 Å². The van der Waals surface area contributed by atoms with Gasteiger partial charge in [0.15, 0.2) is 5.65 Å². The van der Waals surface area contributed by atoms with Crippen LogP contribution in [0.5, 0.6) is 0 Å². The zero-order valence-electron chi connectivity index (χ0n) is 14.7. The number of amidine groups is 1. The van der Waals surface area contributed by atoms with Crippen molar-refractivity contribution in [3.8, 4) is 0 Å². The van der Waals surface area contributed by atoms with E-state index >= 15 is 0 Å². The van der Waals surface area contributed by atoms with Crippen molar-refractivity contribution in [1.29, 1.82) is 5.41 Å². The van der Waals surface area contributed by atoms with E-state index in [-0.39, 0.29) is 11.4 Å². The minimum absolute atomic E-state index is 0.201. The van der Waals surface area contributed by atoms with Gasteiger partial charge in [0, 0.05) is 41.2 Å². The summed E-state index contributed by atoms with van der Waals surface area (Å²) in [4.78, 5) is 5.51. The molecule has 3 aromatic rings. The number of H-pyrrole nitrogens is 1. The number of nitrogen functional groups attached to an aromatic ring is 1. The highest BCUT2D eigenvalue weighted by molar-refractivity contribution is 6.06. The molecule has 2 aromatic heterocycles. The Hall–Kier alpha value is -3.30. The molecule has 0 radical (unpaired) electrons. The molecule has 0 aliphatic carbocycles. The Bertz CT molecular complexity index is 1140. The van der Waals surface area contributed by atoms with Crippen molar-refractivity contribution < 1.29 is 17.6 Å². The van der Waals surface area contributed by atoms with E-state index in [1.54, 1.807) is 22.9 Å². The summed E-state index contributed by atoms with van der Waals surface area (Å²) in [6.07, 6.45) is 3.42. The van der Waals surface area contributed by atoms with Gasteiger partial charge in [-0.15, -0.1) is 0 Å². The molecule has 4 N–H and O–H groups in total. The third-order valence-electron chi connectivity index (χ3n) is 4.75. The summed E-state index contributed by atoms with van der Waals surface area (Å²) in [6.45, 7) is 0.757. The normalized spacial score (nSPS) is 16.4. The van der Waals surface area contributed by atoms with Crippen LogP contribution in [-0.4, -0.2) is 38.1 Å². The Morgan fingerprint density at radius 1 is 1.29 bits per heavy atom. The lowest BCUT2D eigenvalue weighted by molar-refractivity contribution is -0.136. The number of allylic oxidation sites excluding steroid dienone is 2. The fourth-order valence-electron chi connectivity index (χ4n) is 3.38. The average Bonchev–Trinajstić information content (AvgIpc) is 3.13. The zero-order valence-corrected chi connectivity index (χ0v) is 14.7. The minimum Gasteiger partial charge on any atom is -0.384 e. The third-order valence-corrected chi connectivity index (χ3v) is 4.75. The number of alkyl halides is 3. The smallest absolute Gasteiger partial charge is 0.384 e. The number of halogens is 4. The van der Waals surface area contributed by atoms with E-state index < -0.39 is 24.0 Å². The lowest BCUT2D eigenvalue weighted by Gasteiger charge is -2.28. The van der Waals surface area contributed by atoms with Crippen LogP contribution in [0.25, 0.3) is 16.7 Å². The first-order chi connectivity index (χ1) is 13.1. The second-order valence-corrected chi connectivity index (χ2v) is 6.89. The maximum absolute atomic E-state index is 13.9. The summed E-state index contributed by atoms with van der Waals surface area (Å²) in [5.41, 5.74) is 7.01. The Morgan fingerprint density at radius 2 is 1.96 bits per heavy atom. The molecule has 4 rings (SSSR count). The van der Waals surface area contributed by atoms with Crippen molar-refractivity contribution >= 4 is 22.5 Å². The van der Waals surface area contributed by atoms with E-state index in [1.165, 1.54) is 18.5 Å². The van der Waals surface area contributed by atoms with Crippen LogP contribution in [0, 0.1) is 11.2 Å². The Labute approximate surface area is 156 Å². The fraction of sp³-hybridized carbons (Fsp3) is 0.222. The summed E-state index contributed by atoms with van der Waals surface area (Å²) in [6, 6.07) is 2.41. The Kier molecular flexibility index (Phi) is 3.78. The van der Waals surface area contributed by atoms with E-state index in [9.17, 15) is 17.6 Å². The van der Waals surface area contributed by atoms with Gasteiger partial charge in [-0.3, -0.25) is 10.5 Å². The molecule has 3 heterocycles. The number of nitrogens with zero attached hydrogens (tertiary/aromatic N) is 3. The molecule has 146 valence electrons. The molecule has 0 saturated carbocycles. The number of hydrogen-bond donors (Lipinski definition) is 3. The van der Waals surface area contributed by atoms with E-state index in [1.807, 2.05) is 6.92 Å². The summed E-state index contributed by atoms with van der Waals surface area (Å²) in [7, 11) is 0. The lowest BCUT2D eigenvalue weighted by atomic mass is 9.83. The molecule has 0 spiro atoms. The number of aromatic amines is 1. The van der Waals surface area contributed by atoms with Gasteiger partial charge in [-0.1, -0.05) is 12.2 Å². The summed E-state index contributed by atoms with van der Waals surface area (Å²) < 4.78 is 53.2. The highest BCUT2D eigenvalue weighted by Gasteiger charge is 2.33. The van der Waals surface area contributed by atoms with Gasteiger partial charge < -0.3 is 10.6 Å². The predicted octanol–water partition coefficient (Wildman–Crippen LogP) is 3.40. The second kappa shape index (κ2) is 5.85. The molecule has 1 aromatic carbocycles. The van der Waals surface area contributed by atoms with E-state index in [2.05, 4.69) is 10.1 Å². The van der Waals surface area contributed by atoms with Crippen molar-refractivity contribution in [2.75, 3.05) is 6.54 Å². The van der Waals surface area contributed by atoms with E-state index in [4.69, 9.17) is 11.1 Å². The van der Waals surface area contributed by atoms with Crippen molar-refractivity contribution in [2.45, 2.75) is 18.5 Å². The molecular formula is C18H16F4N6. The SMILES string of the molecule is CC1(c2c[nH]n3c2nc2cc(F)cc(C(=N)N)c23)C=CN(CC(F)(F)F)C=C1. The molecule has 0 fully saturated rings. The first-order valence-corrected chi connectivity index (χ1v) is 8.32. The van der Waals surface area contributed by atoms with Crippen LogP contribution in [-0.2, 0) is 5.41 Å². The summed E-state index contributed by atoms with van der Waals surface area (Å²) >= 11 is 0. The molecular weight excluding hydrogens is 376 g/mol. The van der Waals surface area contributed by atoms with E-state index in [0.29, 0.717) is 22.2 Å².